The van der Waals surface area contributed by atoms with Gasteiger partial charge in [-0.25, -0.2) is 4.79 Å². The van der Waals surface area contributed by atoms with Crippen molar-refractivity contribution in [3.63, 3.8) is 0 Å². The van der Waals surface area contributed by atoms with Gasteiger partial charge in [0.1, 0.15) is 0 Å². The van der Waals surface area contributed by atoms with Gasteiger partial charge in [-0.05, 0) is 45.9 Å². The standard InChI is InChI=1S/C59H92N2O6/c1-12-14-16-18-20-22-24-26-28-30-40-60-52(67-66-11)42-50-53(44(3)46-32-36-48(37-33-46)58(5,6)7)56(63)51(43-61(57(64)65)41-31-29-27-25-23-21-19-17-15-13-2)54(55(50)62)45(4)47-34-38-49(39-35-47)59(8,9)10/h32-39,44-45H,12-31,40-43H2,1-11H3,(H,64,65). The second-order valence-corrected chi connectivity index (χ2v) is 21.4. The highest BCUT2D eigenvalue weighted by atomic mass is 17.2. The van der Waals surface area contributed by atoms with E-state index in [9.17, 15) is 9.90 Å². The number of hydrogen-bond donors (Lipinski definition) is 1. The van der Waals surface area contributed by atoms with E-state index in [0.717, 1.165) is 60.8 Å². The van der Waals surface area contributed by atoms with Crippen LogP contribution >= 0.6 is 0 Å². The first-order chi connectivity index (χ1) is 32.0. The number of benzene rings is 2. The first-order valence-electron chi connectivity index (χ1n) is 26.4. The monoisotopic (exact) mass is 925 g/mol. The van der Waals surface area contributed by atoms with Gasteiger partial charge in [0.05, 0.1) is 20.1 Å². The lowest BCUT2D eigenvalue weighted by atomic mass is 9.72. The van der Waals surface area contributed by atoms with Crippen molar-refractivity contribution in [1.82, 2.24) is 4.90 Å². The van der Waals surface area contributed by atoms with E-state index in [-0.39, 0.29) is 53.4 Å². The van der Waals surface area contributed by atoms with Gasteiger partial charge in [0, 0.05) is 47.2 Å². The van der Waals surface area contributed by atoms with Crippen LogP contribution < -0.4 is 0 Å². The summed E-state index contributed by atoms with van der Waals surface area (Å²) in [4.78, 5) is 61.3. The summed E-state index contributed by atoms with van der Waals surface area (Å²) >= 11 is 0. The van der Waals surface area contributed by atoms with Gasteiger partial charge in [0.25, 0.3) is 0 Å². The molecule has 0 fully saturated rings. The Labute approximate surface area is 407 Å². The van der Waals surface area contributed by atoms with Crippen LogP contribution in [0.4, 0.5) is 4.79 Å². The SMILES string of the molecule is CCCCCCCCCCCCN=C(CC1=C(C(C)c2ccc(C(C)(C)C)cc2)C(=O)C(CN(CCCCCCCCCCCC)C(=O)O)=C(C(C)c2ccc(C(C)(C)C)cc2)C1=O)OOC. The molecule has 67 heavy (non-hydrogen) atoms. The third kappa shape index (κ3) is 19.1. The number of rotatable bonds is 31. The van der Waals surface area contributed by atoms with Crippen LogP contribution in [-0.4, -0.2) is 60.3 Å². The molecule has 0 heterocycles. The largest absolute Gasteiger partial charge is 0.465 e. The molecular weight excluding hydrogens is 833 g/mol. The fraction of sp³-hybridized carbons (Fsp3) is 0.661. The molecule has 0 aromatic heterocycles. The lowest BCUT2D eigenvalue weighted by Crippen LogP contribution is -2.38. The predicted molar refractivity (Wildman–Crippen MR) is 279 cm³/mol. The van der Waals surface area contributed by atoms with Crippen LogP contribution in [0.2, 0.25) is 0 Å². The average Bonchev–Trinajstić information content (AvgIpc) is 3.29. The zero-order valence-corrected chi connectivity index (χ0v) is 44.1. The van der Waals surface area contributed by atoms with Crippen LogP contribution in [-0.2, 0) is 30.2 Å². The summed E-state index contributed by atoms with van der Waals surface area (Å²) in [5.41, 5.74) is 5.23. The molecule has 2 unspecified atom stereocenters. The van der Waals surface area contributed by atoms with Crippen molar-refractivity contribution in [3.05, 3.63) is 93.1 Å². The van der Waals surface area contributed by atoms with E-state index in [1.165, 1.54) is 95.5 Å². The molecule has 0 saturated heterocycles. The van der Waals surface area contributed by atoms with Crippen LogP contribution in [0.3, 0.4) is 0 Å². The Hall–Kier alpha value is -4.04. The number of aliphatic imine (C=N–C) groups is 1. The molecule has 8 nitrogen and oxygen atoms in total. The Morgan fingerprint density at radius 2 is 0.955 bits per heavy atom. The zero-order chi connectivity index (χ0) is 49.4. The minimum atomic E-state index is -1.10. The van der Waals surface area contributed by atoms with Gasteiger partial charge < -0.3 is 14.9 Å². The number of Topliss-reactive ketones (excluding diaryl/α,β-unsaturated/α-hetero) is 2. The van der Waals surface area contributed by atoms with E-state index < -0.39 is 17.9 Å². The Morgan fingerprint density at radius 3 is 1.34 bits per heavy atom. The summed E-state index contributed by atoms with van der Waals surface area (Å²) in [5.74, 6) is -1.30. The summed E-state index contributed by atoms with van der Waals surface area (Å²) in [5, 5.41) is 10.7. The Bertz CT molecular complexity index is 1890. The first kappa shape index (κ1) is 57.3. The summed E-state index contributed by atoms with van der Waals surface area (Å²) in [6, 6.07) is 16.5. The zero-order valence-electron chi connectivity index (χ0n) is 44.1. The fourth-order valence-corrected chi connectivity index (χ4v) is 9.35. The Balaban J connectivity index is 2.06. The molecule has 0 spiro atoms. The van der Waals surface area contributed by atoms with E-state index in [0.29, 0.717) is 29.7 Å². The molecule has 1 aliphatic rings. The second kappa shape index (κ2) is 29.8. The normalized spacial score (nSPS) is 14.8. The molecule has 1 aliphatic carbocycles. The minimum Gasteiger partial charge on any atom is -0.465 e. The number of carbonyl (C=O) groups is 3. The van der Waals surface area contributed by atoms with Crippen LogP contribution in [0.25, 0.3) is 0 Å². The number of allylic oxidation sites excluding steroid dienone is 2. The molecule has 0 radical (unpaired) electrons. The summed E-state index contributed by atoms with van der Waals surface area (Å²) in [7, 11) is 1.43. The molecule has 0 bridgehead atoms. The molecule has 0 aliphatic heterocycles. The quantitative estimate of drug-likeness (QED) is 0.0202. The van der Waals surface area contributed by atoms with E-state index in [1.807, 2.05) is 38.1 Å². The summed E-state index contributed by atoms with van der Waals surface area (Å²) in [6.45, 7) is 22.0. The molecule has 374 valence electrons. The van der Waals surface area contributed by atoms with Crippen molar-refractivity contribution in [2.45, 2.75) is 227 Å². The first-order valence-corrected chi connectivity index (χ1v) is 26.4. The maximum atomic E-state index is 15.6. The third-order valence-corrected chi connectivity index (χ3v) is 13.8. The van der Waals surface area contributed by atoms with E-state index in [2.05, 4.69) is 79.7 Å². The maximum Gasteiger partial charge on any atom is 0.407 e. The Kier molecular flexibility index (Phi) is 25.4. The molecule has 2 aromatic carbocycles. The van der Waals surface area contributed by atoms with Crippen molar-refractivity contribution in [2.75, 3.05) is 26.7 Å². The average molecular weight is 925 g/mol. The molecule has 1 N–H and O–H groups in total. The molecule has 2 aromatic rings. The maximum absolute atomic E-state index is 15.6. The van der Waals surface area contributed by atoms with Crippen molar-refractivity contribution in [2.24, 2.45) is 4.99 Å². The van der Waals surface area contributed by atoms with Crippen LogP contribution in [0.15, 0.2) is 75.8 Å². The number of hydrogen-bond acceptors (Lipinski definition) is 6. The number of nitrogens with zero attached hydrogens (tertiary/aromatic N) is 2. The molecule has 2 atom stereocenters. The summed E-state index contributed by atoms with van der Waals surface area (Å²) < 4.78 is 0. The smallest absolute Gasteiger partial charge is 0.407 e. The van der Waals surface area contributed by atoms with Gasteiger partial charge in [-0.3, -0.25) is 14.6 Å². The van der Waals surface area contributed by atoms with Gasteiger partial charge >= 0.3 is 6.09 Å². The van der Waals surface area contributed by atoms with Gasteiger partial charge in [-0.1, -0.05) is 233 Å². The number of ketones is 2. The molecule has 1 amide bonds. The summed E-state index contributed by atoms with van der Waals surface area (Å²) in [6.07, 6.45) is 22.2. The van der Waals surface area contributed by atoms with Crippen molar-refractivity contribution in [3.8, 4) is 0 Å². The van der Waals surface area contributed by atoms with Gasteiger partial charge in [0.15, 0.2) is 11.6 Å². The van der Waals surface area contributed by atoms with Gasteiger partial charge in [-0.15, -0.1) is 0 Å². The number of carbonyl (C=O) groups excluding carboxylic acids is 2. The Morgan fingerprint density at radius 1 is 0.582 bits per heavy atom. The fourth-order valence-electron chi connectivity index (χ4n) is 9.35. The van der Waals surface area contributed by atoms with Crippen molar-refractivity contribution in [1.29, 1.82) is 0 Å². The molecule has 8 heteroatoms. The number of carboxylic acid groups (broad SMARTS) is 1. The minimum absolute atomic E-state index is 0.0242. The highest BCUT2D eigenvalue weighted by Gasteiger charge is 2.41. The molecule has 0 saturated carbocycles. The lowest BCUT2D eigenvalue weighted by molar-refractivity contribution is -0.196. The highest BCUT2D eigenvalue weighted by Crippen LogP contribution is 2.42. The molecule has 3 rings (SSSR count). The van der Waals surface area contributed by atoms with Gasteiger partial charge in [-0.2, -0.15) is 4.89 Å². The number of amides is 1. The third-order valence-electron chi connectivity index (χ3n) is 13.8. The number of unbranched alkanes of at least 4 members (excludes halogenated alkanes) is 18. The van der Waals surface area contributed by atoms with Gasteiger partial charge in [0.2, 0.25) is 5.90 Å². The predicted octanol–water partition coefficient (Wildman–Crippen LogP) is 16.1. The topological polar surface area (TPSA) is 106 Å². The molecular formula is C59H92N2O6. The van der Waals surface area contributed by atoms with Crippen LogP contribution in [0.1, 0.15) is 238 Å². The van der Waals surface area contributed by atoms with E-state index >= 15 is 9.59 Å². The lowest BCUT2D eigenvalue weighted by Gasteiger charge is -2.32. The van der Waals surface area contributed by atoms with E-state index in [1.54, 1.807) is 0 Å². The van der Waals surface area contributed by atoms with Crippen molar-refractivity contribution >= 4 is 23.6 Å². The van der Waals surface area contributed by atoms with E-state index in [4.69, 9.17) is 14.8 Å². The second-order valence-electron chi connectivity index (χ2n) is 21.4. The highest BCUT2D eigenvalue weighted by molar-refractivity contribution is 6.27. The van der Waals surface area contributed by atoms with Crippen molar-refractivity contribution < 1.29 is 29.3 Å². The van der Waals surface area contributed by atoms with Crippen LogP contribution in [0, 0.1) is 0 Å². The van der Waals surface area contributed by atoms with Crippen LogP contribution in [0.5, 0.6) is 0 Å².